The van der Waals surface area contributed by atoms with E-state index < -0.39 is 5.97 Å². The maximum Gasteiger partial charge on any atom is 0.335 e. The highest BCUT2D eigenvalue weighted by molar-refractivity contribution is 5.94. The van der Waals surface area contributed by atoms with E-state index in [0.29, 0.717) is 6.42 Å². The number of aromatic carboxylic acids is 1. The van der Waals surface area contributed by atoms with Gasteiger partial charge in [-0.2, -0.15) is 0 Å². The minimum absolute atomic E-state index is 0.0113. The number of carbonyl (C=O) groups excluding carboxylic acids is 1. The quantitative estimate of drug-likeness (QED) is 0.144. The summed E-state index contributed by atoms with van der Waals surface area (Å²) in [6.45, 7) is 2.25. The molecule has 1 aromatic rings. The molecule has 0 saturated heterocycles. The summed E-state index contributed by atoms with van der Waals surface area (Å²) in [5.41, 5.74) is 0.237. The second-order valence-electron chi connectivity index (χ2n) is 7.92. The van der Waals surface area contributed by atoms with E-state index in [1.807, 2.05) is 0 Å². The summed E-state index contributed by atoms with van der Waals surface area (Å²) in [5.74, 6) is -1.50. The lowest BCUT2D eigenvalue weighted by molar-refractivity contribution is -0.116. The summed E-state index contributed by atoms with van der Waals surface area (Å²) in [5, 5.41) is 21.3. The second-order valence-corrected chi connectivity index (χ2v) is 7.92. The van der Waals surface area contributed by atoms with Crippen molar-refractivity contribution in [3.8, 4) is 5.75 Å². The van der Waals surface area contributed by atoms with E-state index in [1.54, 1.807) is 0 Å². The monoisotopic (exact) mass is 417 g/mol. The minimum atomic E-state index is -1.11. The van der Waals surface area contributed by atoms with Gasteiger partial charge in [0.15, 0.2) is 0 Å². The highest BCUT2D eigenvalue weighted by Gasteiger charge is 2.10. The fraction of sp³-hybridized carbons (Fsp3) is 0.600. The van der Waals surface area contributed by atoms with Crippen molar-refractivity contribution < 1.29 is 19.8 Å². The Kier molecular flexibility index (Phi) is 14.1. The van der Waals surface area contributed by atoms with Crippen molar-refractivity contribution in [1.29, 1.82) is 0 Å². The predicted octanol–water partition coefficient (Wildman–Crippen LogP) is 7.07. The zero-order valence-electron chi connectivity index (χ0n) is 18.5. The first-order valence-electron chi connectivity index (χ1n) is 11.6. The van der Waals surface area contributed by atoms with Crippen LogP contribution in [-0.2, 0) is 4.79 Å². The van der Waals surface area contributed by atoms with Crippen molar-refractivity contribution >= 4 is 17.6 Å². The summed E-state index contributed by atoms with van der Waals surface area (Å²) in [4.78, 5) is 22.8. The largest absolute Gasteiger partial charge is 0.506 e. The number of hydrogen-bond acceptors (Lipinski definition) is 3. The van der Waals surface area contributed by atoms with Crippen LogP contribution in [0.2, 0.25) is 0 Å². The zero-order valence-corrected chi connectivity index (χ0v) is 18.5. The van der Waals surface area contributed by atoms with Crippen LogP contribution in [0.1, 0.15) is 107 Å². The van der Waals surface area contributed by atoms with Gasteiger partial charge in [-0.25, -0.2) is 4.79 Å². The molecule has 0 radical (unpaired) electrons. The molecule has 5 heteroatoms. The van der Waals surface area contributed by atoms with Crippen LogP contribution in [0.3, 0.4) is 0 Å². The van der Waals surface area contributed by atoms with Crippen LogP contribution >= 0.6 is 0 Å². The smallest absolute Gasteiger partial charge is 0.335 e. The fourth-order valence-electron chi connectivity index (χ4n) is 3.34. The van der Waals surface area contributed by atoms with Gasteiger partial charge in [-0.05, 0) is 50.3 Å². The van der Waals surface area contributed by atoms with Gasteiger partial charge in [0, 0.05) is 6.42 Å². The lowest BCUT2D eigenvalue weighted by Gasteiger charge is -2.08. The predicted molar refractivity (Wildman–Crippen MR) is 123 cm³/mol. The molecule has 0 aromatic heterocycles. The Morgan fingerprint density at radius 3 is 2.00 bits per heavy atom. The molecule has 3 N–H and O–H groups in total. The third kappa shape index (κ3) is 12.3. The third-order valence-corrected chi connectivity index (χ3v) is 5.18. The van der Waals surface area contributed by atoms with Gasteiger partial charge in [-0.1, -0.05) is 70.4 Å². The number of carboxylic acids is 1. The Labute approximate surface area is 181 Å². The highest BCUT2D eigenvalue weighted by Crippen LogP contribution is 2.24. The van der Waals surface area contributed by atoms with Crippen LogP contribution < -0.4 is 5.32 Å². The summed E-state index contributed by atoms with van der Waals surface area (Å²) >= 11 is 0. The van der Waals surface area contributed by atoms with Crippen molar-refractivity contribution in [3.63, 3.8) is 0 Å². The number of rotatable bonds is 17. The number of carbonyl (C=O) groups is 2. The SMILES string of the molecule is CCCCCCCCC=CCCCCCCCC(=O)Nc1ccc(C(=O)O)cc1O. The van der Waals surface area contributed by atoms with Crippen LogP contribution in [0.15, 0.2) is 30.4 Å². The molecule has 0 aliphatic rings. The van der Waals surface area contributed by atoms with E-state index >= 15 is 0 Å². The number of anilines is 1. The number of phenols is 1. The molecule has 0 spiro atoms. The van der Waals surface area contributed by atoms with Gasteiger partial charge in [0.05, 0.1) is 11.3 Å². The first kappa shape index (κ1) is 25.7. The molecule has 0 aliphatic carbocycles. The first-order valence-corrected chi connectivity index (χ1v) is 11.6. The third-order valence-electron chi connectivity index (χ3n) is 5.18. The maximum atomic E-state index is 12.0. The van der Waals surface area contributed by atoms with Crippen LogP contribution in [-0.4, -0.2) is 22.1 Å². The fourth-order valence-corrected chi connectivity index (χ4v) is 3.34. The molecule has 1 aromatic carbocycles. The van der Waals surface area contributed by atoms with Gasteiger partial charge in [0.2, 0.25) is 5.91 Å². The van der Waals surface area contributed by atoms with Crippen molar-refractivity contribution in [1.82, 2.24) is 0 Å². The molecule has 30 heavy (non-hydrogen) atoms. The van der Waals surface area contributed by atoms with Gasteiger partial charge in [0.1, 0.15) is 5.75 Å². The molecule has 168 valence electrons. The number of allylic oxidation sites excluding steroid dienone is 2. The molecule has 0 atom stereocenters. The standard InChI is InChI=1S/C25H39NO4/c1-2-3-4-5-6-7-8-9-10-11-12-13-14-15-16-17-24(28)26-22-19-18-21(25(29)30)20-23(22)27/h9-10,18-20,27H,2-8,11-17H2,1H3,(H,26,28)(H,29,30). The zero-order chi connectivity index (χ0) is 22.0. The maximum absolute atomic E-state index is 12.0. The van der Waals surface area contributed by atoms with E-state index in [4.69, 9.17) is 5.11 Å². The molecule has 0 bridgehead atoms. The molecule has 5 nitrogen and oxygen atoms in total. The number of aromatic hydroxyl groups is 1. The molecule has 0 saturated carbocycles. The lowest BCUT2D eigenvalue weighted by Crippen LogP contribution is -2.11. The normalized spacial score (nSPS) is 11.1. The van der Waals surface area contributed by atoms with Crippen molar-refractivity contribution in [3.05, 3.63) is 35.9 Å². The minimum Gasteiger partial charge on any atom is -0.506 e. The average Bonchev–Trinajstić information content (AvgIpc) is 2.72. The van der Waals surface area contributed by atoms with Crippen LogP contribution in [0, 0.1) is 0 Å². The van der Waals surface area contributed by atoms with E-state index in [2.05, 4.69) is 24.4 Å². The number of benzene rings is 1. The van der Waals surface area contributed by atoms with Gasteiger partial charge < -0.3 is 15.5 Å². The average molecular weight is 418 g/mol. The Bertz CT molecular complexity index is 655. The number of unbranched alkanes of at least 4 members (excludes halogenated alkanes) is 11. The van der Waals surface area contributed by atoms with Gasteiger partial charge >= 0.3 is 5.97 Å². The van der Waals surface area contributed by atoms with E-state index in [-0.39, 0.29) is 22.9 Å². The molecule has 0 unspecified atom stereocenters. The molecule has 1 rings (SSSR count). The highest BCUT2D eigenvalue weighted by atomic mass is 16.4. The molecular weight excluding hydrogens is 378 g/mol. The Balaban J connectivity index is 1.99. The molecule has 0 heterocycles. The number of hydrogen-bond donors (Lipinski definition) is 3. The Morgan fingerprint density at radius 2 is 1.43 bits per heavy atom. The summed E-state index contributed by atoms with van der Waals surface area (Å²) in [7, 11) is 0. The molecular formula is C25H39NO4. The van der Waals surface area contributed by atoms with Crippen molar-refractivity contribution in [2.45, 2.75) is 96.8 Å². The topological polar surface area (TPSA) is 86.6 Å². The number of nitrogens with one attached hydrogen (secondary N) is 1. The van der Waals surface area contributed by atoms with E-state index in [9.17, 15) is 14.7 Å². The van der Waals surface area contributed by atoms with Gasteiger partial charge in [0.25, 0.3) is 0 Å². The number of carboxylic acid groups (broad SMARTS) is 1. The van der Waals surface area contributed by atoms with Crippen LogP contribution in [0.5, 0.6) is 5.75 Å². The Hall–Kier alpha value is -2.30. The molecule has 1 amide bonds. The van der Waals surface area contributed by atoms with Gasteiger partial charge in [-0.15, -0.1) is 0 Å². The number of amides is 1. The summed E-state index contributed by atoms with van der Waals surface area (Å²) < 4.78 is 0. The Morgan fingerprint density at radius 1 is 0.867 bits per heavy atom. The molecule has 0 aliphatic heterocycles. The first-order chi connectivity index (χ1) is 14.5. The van der Waals surface area contributed by atoms with Crippen molar-refractivity contribution in [2.24, 2.45) is 0 Å². The number of phenolic OH excluding ortho intramolecular Hbond substituents is 1. The van der Waals surface area contributed by atoms with Crippen molar-refractivity contribution in [2.75, 3.05) is 5.32 Å². The summed E-state index contributed by atoms with van der Waals surface area (Å²) in [6, 6.07) is 3.91. The van der Waals surface area contributed by atoms with E-state index in [1.165, 1.54) is 69.9 Å². The second kappa shape index (κ2) is 16.5. The lowest BCUT2D eigenvalue weighted by atomic mass is 10.1. The summed E-state index contributed by atoms with van der Waals surface area (Å²) in [6.07, 6.45) is 20.8. The van der Waals surface area contributed by atoms with Crippen LogP contribution in [0.4, 0.5) is 5.69 Å². The van der Waals surface area contributed by atoms with E-state index in [0.717, 1.165) is 31.7 Å². The van der Waals surface area contributed by atoms with Gasteiger partial charge in [-0.3, -0.25) is 4.79 Å². The molecule has 0 fully saturated rings. The van der Waals surface area contributed by atoms with Crippen LogP contribution in [0.25, 0.3) is 0 Å².